The van der Waals surface area contributed by atoms with Gasteiger partial charge in [0.25, 0.3) is 5.91 Å². The normalized spacial score (nSPS) is 12.4. The number of anilines is 1. The second kappa shape index (κ2) is 9.12. The fourth-order valence-corrected chi connectivity index (χ4v) is 4.04. The van der Waals surface area contributed by atoms with Gasteiger partial charge in [-0.2, -0.15) is 0 Å². The van der Waals surface area contributed by atoms with E-state index < -0.39 is 15.9 Å². The van der Waals surface area contributed by atoms with Gasteiger partial charge >= 0.3 is 0 Å². The number of hydrogen-bond donors (Lipinski definition) is 3. The highest BCUT2D eigenvalue weighted by molar-refractivity contribution is 9.11. The Morgan fingerprint density at radius 2 is 1.96 bits per heavy atom. The number of hydrogen-bond acceptors (Lipinski definition) is 3. The molecular formula is C15H12Br2Cl3N3O2S. The molecule has 0 saturated heterocycles. The summed E-state index contributed by atoms with van der Waals surface area (Å²) >= 11 is 30.0. The number of nitrogens with one attached hydrogen (secondary N) is 3. The maximum absolute atomic E-state index is 12.2. The van der Waals surface area contributed by atoms with Crippen LogP contribution in [0.4, 0.5) is 5.69 Å². The minimum atomic E-state index is -1.86. The van der Waals surface area contributed by atoms with Crippen molar-refractivity contribution in [1.29, 1.82) is 0 Å². The van der Waals surface area contributed by atoms with E-state index >= 15 is 0 Å². The molecule has 0 aliphatic heterocycles. The van der Waals surface area contributed by atoms with Crippen molar-refractivity contribution in [3.63, 3.8) is 0 Å². The molecule has 140 valence electrons. The van der Waals surface area contributed by atoms with Gasteiger partial charge in [0.15, 0.2) is 10.9 Å². The quantitative estimate of drug-likeness (QED) is 0.259. The number of amides is 1. The van der Waals surface area contributed by atoms with Crippen LogP contribution in [0.2, 0.25) is 0 Å². The summed E-state index contributed by atoms with van der Waals surface area (Å²) in [7, 11) is 0. The minimum Gasteiger partial charge on any atom is -0.459 e. The number of benzene rings is 1. The molecule has 0 bridgehead atoms. The van der Waals surface area contributed by atoms with E-state index in [0.29, 0.717) is 0 Å². The van der Waals surface area contributed by atoms with Crippen molar-refractivity contribution in [2.24, 2.45) is 0 Å². The third-order valence-corrected chi connectivity index (χ3v) is 5.07. The maximum atomic E-state index is 12.2. The van der Waals surface area contributed by atoms with Crippen molar-refractivity contribution in [2.45, 2.75) is 16.9 Å². The van der Waals surface area contributed by atoms with Gasteiger partial charge in [0.05, 0.1) is 12.0 Å². The molecule has 0 spiro atoms. The highest BCUT2D eigenvalue weighted by atomic mass is 79.9. The molecule has 0 aliphatic rings. The first-order valence-corrected chi connectivity index (χ1v) is 10.1. The first-order valence-electron chi connectivity index (χ1n) is 7.02. The van der Waals surface area contributed by atoms with E-state index in [-0.39, 0.29) is 10.9 Å². The molecule has 26 heavy (non-hydrogen) atoms. The predicted octanol–water partition coefficient (Wildman–Crippen LogP) is 5.53. The highest BCUT2D eigenvalue weighted by Gasteiger charge is 2.35. The van der Waals surface area contributed by atoms with Crippen molar-refractivity contribution in [1.82, 2.24) is 10.6 Å². The van der Waals surface area contributed by atoms with Crippen LogP contribution in [0, 0.1) is 6.92 Å². The summed E-state index contributed by atoms with van der Waals surface area (Å²) in [6, 6.07) is 6.85. The number of rotatable bonds is 4. The lowest BCUT2D eigenvalue weighted by Gasteiger charge is -2.27. The summed E-state index contributed by atoms with van der Waals surface area (Å²) < 4.78 is 4.87. The Balaban J connectivity index is 2.11. The average molecular weight is 565 g/mol. The van der Waals surface area contributed by atoms with E-state index in [4.69, 9.17) is 51.4 Å². The summed E-state index contributed by atoms with van der Waals surface area (Å²) in [6.45, 7) is 1.91. The monoisotopic (exact) mass is 561 g/mol. The van der Waals surface area contributed by atoms with Gasteiger partial charge in [0, 0.05) is 8.95 Å². The van der Waals surface area contributed by atoms with E-state index in [9.17, 15) is 4.79 Å². The number of alkyl halides is 3. The summed E-state index contributed by atoms with van der Waals surface area (Å²) in [4.78, 5) is 12.2. The molecule has 5 nitrogen and oxygen atoms in total. The van der Waals surface area contributed by atoms with Crippen LogP contribution in [0.15, 0.2) is 43.9 Å². The summed E-state index contributed by atoms with van der Waals surface area (Å²) in [5.74, 6) is -0.473. The third kappa shape index (κ3) is 6.00. The van der Waals surface area contributed by atoms with Crippen LogP contribution >= 0.6 is 78.9 Å². The minimum absolute atomic E-state index is 0.0800. The molecule has 1 atom stereocenters. The standard InChI is InChI=1S/C15H12Br2Cl3N3O2S/c1-7-5-8(16)6-9(17)11(7)21-14(26)23-13(15(18,19)20)22-12(24)10-3-2-4-25-10/h2-6,13H,1H3,(H,22,24)(H2,21,23,26)/t13-/m0/s1. The molecule has 0 fully saturated rings. The Morgan fingerprint density at radius 1 is 1.27 bits per heavy atom. The van der Waals surface area contributed by atoms with Crippen molar-refractivity contribution in [3.05, 3.63) is 50.8 Å². The molecule has 1 aromatic carbocycles. The van der Waals surface area contributed by atoms with Crippen LogP contribution < -0.4 is 16.0 Å². The van der Waals surface area contributed by atoms with Gasteiger partial charge in [-0.3, -0.25) is 4.79 Å². The Kier molecular flexibility index (Phi) is 7.64. The molecule has 2 rings (SSSR count). The zero-order valence-corrected chi connectivity index (χ0v) is 19.3. The molecule has 0 radical (unpaired) electrons. The van der Waals surface area contributed by atoms with Gasteiger partial charge in [-0.05, 0) is 64.9 Å². The van der Waals surface area contributed by atoms with Gasteiger partial charge in [-0.15, -0.1) is 0 Å². The number of carbonyl (C=O) groups excluding carboxylic acids is 1. The van der Waals surface area contributed by atoms with Gasteiger partial charge in [0.1, 0.15) is 6.17 Å². The lowest BCUT2D eigenvalue weighted by atomic mass is 10.2. The first kappa shape index (κ1) is 21.8. The smallest absolute Gasteiger partial charge is 0.288 e. The zero-order valence-electron chi connectivity index (χ0n) is 13.1. The average Bonchev–Trinajstić information content (AvgIpc) is 3.03. The van der Waals surface area contributed by atoms with Crippen LogP contribution in [0.25, 0.3) is 0 Å². The Labute approximate surface area is 187 Å². The Hall–Kier alpha value is -0.510. The van der Waals surface area contributed by atoms with Crippen LogP contribution in [0.3, 0.4) is 0 Å². The summed E-state index contributed by atoms with van der Waals surface area (Å²) in [6.07, 6.45) is 0.270. The summed E-state index contributed by atoms with van der Waals surface area (Å²) in [5.41, 5.74) is 1.67. The molecular weight excluding hydrogens is 552 g/mol. The fourth-order valence-electron chi connectivity index (χ4n) is 1.95. The molecule has 3 N–H and O–H groups in total. The number of furan rings is 1. The predicted molar refractivity (Wildman–Crippen MR) is 116 cm³/mol. The maximum Gasteiger partial charge on any atom is 0.288 e. The largest absolute Gasteiger partial charge is 0.459 e. The van der Waals surface area contributed by atoms with Gasteiger partial charge in [-0.1, -0.05) is 50.7 Å². The molecule has 1 heterocycles. The van der Waals surface area contributed by atoms with Crippen molar-refractivity contribution in [3.8, 4) is 0 Å². The molecule has 11 heteroatoms. The van der Waals surface area contributed by atoms with E-state index in [1.165, 1.54) is 12.3 Å². The van der Waals surface area contributed by atoms with E-state index in [1.54, 1.807) is 6.07 Å². The van der Waals surface area contributed by atoms with Crippen LogP contribution in [-0.2, 0) is 0 Å². The molecule has 1 amide bonds. The molecule has 0 aliphatic carbocycles. The fraction of sp³-hybridized carbons (Fsp3) is 0.200. The second-order valence-corrected chi connectivity index (χ2v) is 9.65. The van der Waals surface area contributed by atoms with Crippen molar-refractivity contribution >= 4 is 95.6 Å². The second-order valence-electron chi connectivity index (χ2n) is 5.10. The Morgan fingerprint density at radius 3 is 2.50 bits per heavy atom. The topological polar surface area (TPSA) is 66.3 Å². The van der Waals surface area contributed by atoms with E-state index in [0.717, 1.165) is 20.2 Å². The molecule has 0 saturated carbocycles. The lowest BCUT2D eigenvalue weighted by Crippen LogP contribution is -2.56. The summed E-state index contributed by atoms with van der Waals surface area (Å²) in [5, 5.41) is 8.49. The van der Waals surface area contributed by atoms with Crippen molar-refractivity contribution in [2.75, 3.05) is 5.32 Å². The molecule has 2 aromatic rings. The van der Waals surface area contributed by atoms with Crippen LogP contribution in [0.1, 0.15) is 16.1 Å². The molecule has 1 aromatic heterocycles. The third-order valence-electron chi connectivity index (χ3n) is 3.11. The van der Waals surface area contributed by atoms with Gasteiger partial charge in [0.2, 0.25) is 3.79 Å². The highest BCUT2D eigenvalue weighted by Crippen LogP contribution is 2.31. The van der Waals surface area contributed by atoms with Crippen molar-refractivity contribution < 1.29 is 9.21 Å². The number of carbonyl (C=O) groups is 1. The number of thiocarbonyl (C=S) groups is 1. The lowest BCUT2D eigenvalue weighted by molar-refractivity contribution is 0.0906. The SMILES string of the molecule is Cc1cc(Br)cc(Br)c1NC(=S)N[C@H](NC(=O)c1ccco1)C(Cl)(Cl)Cl. The molecule has 0 unspecified atom stereocenters. The number of halogens is 5. The van der Waals surface area contributed by atoms with Crippen LogP contribution in [0.5, 0.6) is 0 Å². The van der Waals surface area contributed by atoms with Crippen LogP contribution in [-0.4, -0.2) is 21.0 Å². The zero-order chi connectivity index (χ0) is 19.5. The number of aryl methyl sites for hydroxylation is 1. The Bertz CT molecular complexity index is 790. The van der Waals surface area contributed by atoms with E-state index in [2.05, 4.69) is 47.8 Å². The van der Waals surface area contributed by atoms with E-state index in [1.807, 2.05) is 19.1 Å². The van der Waals surface area contributed by atoms with Gasteiger partial charge in [-0.25, -0.2) is 0 Å². The van der Waals surface area contributed by atoms with Gasteiger partial charge < -0.3 is 20.4 Å². The first-order chi connectivity index (χ1) is 12.1.